The predicted octanol–water partition coefficient (Wildman–Crippen LogP) is 3.06. The molecule has 0 saturated heterocycles. The summed E-state index contributed by atoms with van der Waals surface area (Å²) in [6.45, 7) is 5.13. The quantitative estimate of drug-likeness (QED) is 0.787. The molecular formula is C20H20N4O2. The summed E-state index contributed by atoms with van der Waals surface area (Å²) in [6, 6.07) is 11.8. The molecule has 0 aliphatic carbocycles. The zero-order valence-electron chi connectivity index (χ0n) is 14.8. The first-order chi connectivity index (χ1) is 12.6. The molecule has 0 radical (unpaired) electrons. The fourth-order valence-electron chi connectivity index (χ4n) is 3.11. The van der Waals surface area contributed by atoms with E-state index in [1.165, 1.54) is 17.5 Å². The molecule has 0 spiro atoms. The van der Waals surface area contributed by atoms with E-state index in [-0.39, 0.29) is 11.8 Å². The Labute approximate surface area is 151 Å². The molecular weight excluding hydrogens is 328 g/mol. The van der Waals surface area contributed by atoms with Crippen LogP contribution >= 0.6 is 0 Å². The molecule has 1 amide bonds. The van der Waals surface area contributed by atoms with E-state index in [2.05, 4.69) is 28.4 Å². The summed E-state index contributed by atoms with van der Waals surface area (Å²) in [7, 11) is 0. The van der Waals surface area contributed by atoms with E-state index in [9.17, 15) is 4.79 Å². The zero-order chi connectivity index (χ0) is 18.1. The second kappa shape index (κ2) is 6.63. The van der Waals surface area contributed by atoms with Crippen molar-refractivity contribution in [3.05, 3.63) is 71.3 Å². The number of benzene rings is 2. The maximum atomic E-state index is 12.7. The second-order valence-electron chi connectivity index (χ2n) is 6.62. The zero-order valence-corrected chi connectivity index (χ0v) is 14.8. The van der Waals surface area contributed by atoms with E-state index in [1.54, 1.807) is 11.0 Å². The van der Waals surface area contributed by atoms with Crippen molar-refractivity contribution in [1.82, 2.24) is 14.8 Å². The fourth-order valence-corrected chi connectivity index (χ4v) is 3.11. The number of amides is 1. The number of fused-ring (bicyclic) bond motifs is 1. The van der Waals surface area contributed by atoms with Crippen molar-refractivity contribution in [2.75, 3.05) is 11.9 Å². The molecule has 132 valence electrons. The smallest absolute Gasteiger partial charge is 0.235 e. The van der Waals surface area contributed by atoms with Gasteiger partial charge in [0.25, 0.3) is 0 Å². The fraction of sp³-hybridized carbons (Fsp3) is 0.250. The molecule has 0 bridgehead atoms. The van der Waals surface area contributed by atoms with Gasteiger partial charge >= 0.3 is 0 Å². The molecule has 2 heterocycles. The van der Waals surface area contributed by atoms with Crippen LogP contribution < -0.4 is 10.1 Å². The molecule has 0 saturated carbocycles. The van der Waals surface area contributed by atoms with Crippen LogP contribution in [0.4, 0.5) is 5.69 Å². The Morgan fingerprint density at radius 2 is 2.00 bits per heavy atom. The van der Waals surface area contributed by atoms with Gasteiger partial charge in [0.15, 0.2) is 0 Å². The lowest BCUT2D eigenvalue weighted by molar-refractivity contribution is -0.117. The van der Waals surface area contributed by atoms with Gasteiger partial charge in [-0.2, -0.15) is 5.10 Å². The highest BCUT2D eigenvalue weighted by Crippen LogP contribution is 2.36. The summed E-state index contributed by atoms with van der Waals surface area (Å²) in [4.78, 5) is 16.6. The molecule has 0 fully saturated rings. The summed E-state index contributed by atoms with van der Waals surface area (Å²) < 4.78 is 7.46. The number of carbonyl (C=O) groups excluding carboxylic acids is 1. The Balaban J connectivity index is 1.45. The number of anilines is 1. The minimum absolute atomic E-state index is 0.0453. The minimum Gasteiger partial charge on any atom is -0.492 e. The molecule has 1 atom stereocenters. The van der Waals surface area contributed by atoms with Crippen molar-refractivity contribution in [2.45, 2.75) is 26.3 Å². The summed E-state index contributed by atoms with van der Waals surface area (Å²) in [5, 5.41) is 7.08. The Bertz CT molecular complexity index is 933. The van der Waals surface area contributed by atoms with Crippen LogP contribution in [0.3, 0.4) is 0 Å². The van der Waals surface area contributed by atoms with E-state index in [0.717, 1.165) is 22.6 Å². The van der Waals surface area contributed by atoms with E-state index in [0.29, 0.717) is 13.2 Å². The van der Waals surface area contributed by atoms with Crippen molar-refractivity contribution < 1.29 is 9.53 Å². The Morgan fingerprint density at radius 3 is 2.73 bits per heavy atom. The van der Waals surface area contributed by atoms with E-state index in [1.807, 2.05) is 37.3 Å². The minimum atomic E-state index is -0.279. The van der Waals surface area contributed by atoms with Gasteiger partial charge in [0.2, 0.25) is 5.91 Å². The first-order valence-electron chi connectivity index (χ1n) is 8.56. The molecule has 1 N–H and O–H groups in total. The van der Waals surface area contributed by atoms with Crippen molar-refractivity contribution in [2.24, 2.45) is 0 Å². The summed E-state index contributed by atoms with van der Waals surface area (Å²) in [6.07, 6.45) is 3.19. The van der Waals surface area contributed by atoms with Gasteiger partial charge in [-0.25, -0.2) is 9.67 Å². The van der Waals surface area contributed by atoms with Gasteiger partial charge in [0.1, 0.15) is 30.9 Å². The molecule has 6 nitrogen and oxygen atoms in total. The van der Waals surface area contributed by atoms with Crippen molar-refractivity contribution >= 4 is 11.6 Å². The highest BCUT2D eigenvalue weighted by atomic mass is 16.5. The lowest BCUT2D eigenvalue weighted by Crippen LogP contribution is -2.22. The Morgan fingerprint density at radius 1 is 1.23 bits per heavy atom. The SMILES string of the molecule is Cc1cc2c(cc1C)[C@@H](C(=O)Nc1ccc(Cn3cncn3)cc1)CO2. The third-order valence-corrected chi connectivity index (χ3v) is 4.76. The van der Waals surface area contributed by atoms with Gasteiger partial charge in [0, 0.05) is 11.3 Å². The van der Waals surface area contributed by atoms with E-state index in [4.69, 9.17) is 4.74 Å². The van der Waals surface area contributed by atoms with Crippen molar-refractivity contribution in [3.8, 4) is 5.75 Å². The van der Waals surface area contributed by atoms with Gasteiger partial charge in [0.05, 0.1) is 6.54 Å². The number of ether oxygens (including phenoxy) is 1. The topological polar surface area (TPSA) is 69.0 Å². The maximum absolute atomic E-state index is 12.7. The predicted molar refractivity (Wildman–Crippen MR) is 98.3 cm³/mol. The molecule has 3 aromatic rings. The third-order valence-electron chi connectivity index (χ3n) is 4.76. The molecule has 6 heteroatoms. The molecule has 1 aliphatic heterocycles. The monoisotopic (exact) mass is 348 g/mol. The van der Waals surface area contributed by atoms with Crippen LogP contribution in [0.15, 0.2) is 49.1 Å². The first-order valence-corrected chi connectivity index (χ1v) is 8.56. The third kappa shape index (κ3) is 3.18. The molecule has 26 heavy (non-hydrogen) atoms. The van der Waals surface area contributed by atoms with Gasteiger partial charge < -0.3 is 10.1 Å². The summed E-state index contributed by atoms with van der Waals surface area (Å²) in [5.41, 5.74) is 5.18. The molecule has 1 aliphatic rings. The first kappa shape index (κ1) is 16.3. The van der Waals surface area contributed by atoms with E-state index >= 15 is 0 Å². The molecule has 2 aromatic carbocycles. The van der Waals surface area contributed by atoms with Crippen molar-refractivity contribution in [3.63, 3.8) is 0 Å². The largest absolute Gasteiger partial charge is 0.492 e. The highest BCUT2D eigenvalue weighted by Gasteiger charge is 2.31. The average Bonchev–Trinajstić information content (AvgIpc) is 3.27. The van der Waals surface area contributed by atoms with Gasteiger partial charge in [-0.05, 0) is 48.7 Å². The Hall–Kier alpha value is -3.15. The number of rotatable bonds is 4. The normalized spacial score (nSPS) is 15.4. The van der Waals surface area contributed by atoms with Crippen LogP contribution in [-0.4, -0.2) is 27.3 Å². The number of hydrogen-bond acceptors (Lipinski definition) is 4. The Kier molecular flexibility index (Phi) is 4.16. The maximum Gasteiger partial charge on any atom is 0.235 e. The van der Waals surface area contributed by atoms with Crippen LogP contribution in [0.25, 0.3) is 0 Å². The van der Waals surface area contributed by atoms with Crippen LogP contribution in [-0.2, 0) is 11.3 Å². The lowest BCUT2D eigenvalue weighted by Gasteiger charge is -2.12. The van der Waals surface area contributed by atoms with Gasteiger partial charge in [-0.1, -0.05) is 18.2 Å². The average molecular weight is 348 g/mol. The number of aromatic nitrogens is 3. The number of aryl methyl sites for hydroxylation is 2. The highest BCUT2D eigenvalue weighted by molar-refractivity contribution is 5.97. The molecule has 0 unspecified atom stereocenters. The number of hydrogen-bond donors (Lipinski definition) is 1. The molecule has 1 aromatic heterocycles. The summed E-state index contributed by atoms with van der Waals surface area (Å²) in [5.74, 6) is 0.492. The van der Waals surface area contributed by atoms with Crippen LogP contribution in [0.5, 0.6) is 5.75 Å². The van der Waals surface area contributed by atoms with Crippen LogP contribution in [0, 0.1) is 13.8 Å². The number of nitrogens with one attached hydrogen (secondary N) is 1. The number of carbonyl (C=O) groups is 1. The van der Waals surface area contributed by atoms with Crippen LogP contribution in [0.1, 0.15) is 28.2 Å². The van der Waals surface area contributed by atoms with Crippen LogP contribution in [0.2, 0.25) is 0 Å². The number of nitrogens with zero attached hydrogens (tertiary/aromatic N) is 3. The van der Waals surface area contributed by atoms with Gasteiger partial charge in [-0.3, -0.25) is 4.79 Å². The summed E-state index contributed by atoms with van der Waals surface area (Å²) >= 11 is 0. The van der Waals surface area contributed by atoms with Crippen molar-refractivity contribution in [1.29, 1.82) is 0 Å². The van der Waals surface area contributed by atoms with Gasteiger partial charge in [-0.15, -0.1) is 0 Å². The lowest BCUT2D eigenvalue weighted by atomic mass is 9.96. The standard InChI is InChI=1S/C20H20N4O2/c1-13-7-17-18(10-26-19(17)8-14(13)2)20(25)23-16-5-3-15(4-6-16)9-24-12-21-11-22-24/h3-8,11-12,18H,9-10H2,1-2H3,(H,23,25)/t18-/m0/s1. The second-order valence-corrected chi connectivity index (χ2v) is 6.62. The van der Waals surface area contributed by atoms with E-state index < -0.39 is 0 Å². The molecule has 4 rings (SSSR count).